The number of rotatable bonds is 4. The lowest BCUT2D eigenvalue weighted by atomic mass is 10.0. The zero-order valence-electron chi connectivity index (χ0n) is 25.9. The van der Waals surface area contributed by atoms with Gasteiger partial charge in [-0.2, -0.15) is 0 Å². The van der Waals surface area contributed by atoms with Gasteiger partial charge in [0.15, 0.2) is 8.07 Å². The van der Waals surface area contributed by atoms with E-state index in [1.54, 1.807) is 11.3 Å². The summed E-state index contributed by atoms with van der Waals surface area (Å²) >= 11 is 3.65. The first-order valence-corrected chi connectivity index (χ1v) is 19.9. The molecule has 1 nitrogen and oxygen atoms in total. The molecule has 0 radical (unpaired) electrons. The van der Waals surface area contributed by atoms with Crippen molar-refractivity contribution in [2.75, 3.05) is 0 Å². The first-order valence-electron chi connectivity index (χ1n) is 16.2. The Morgan fingerprint density at radius 2 is 0.958 bits per heavy atom. The number of benzene rings is 7. The van der Waals surface area contributed by atoms with Gasteiger partial charge in [0.25, 0.3) is 0 Å². The molecule has 7 aromatic carbocycles. The maximum atomic E-state index is 6.87. The van der Waals surface area contributed by atoms with Crippen LogP contribution < -0.4 is 25.5 Å². The zero-order valence-corrected chi connectivity index (χ0v) is 28.5. The number of ether oxygens (including phenoxy) is 1. The van der Waals surface area contributed by atoms with Gasteiger partial charge in [0.2, 0.25) is 0 Å². The minimum atomic E-state index is -2.85. The van der Waals surface area contributed by atoms with Crippen molar-refractivity contribution >= 4 is 81.8 Å². The van der Waals surface area contributed by atoms with Crippen molar-refractivity contribution in [2.24, 2.45) is 0 Å². The molecular formula is C44H28OS2Si. The molecule has 226 valence electrons. The summed E-state index contributed by atoms with van der Waals surface area (Å²) in [6, 6.07) is 60.8. The Balaban J connectivity index is 1.24. The largest absolute Gasteiger partial charge is 0.458 e. The first-order chi connectivity index (χ1) is 23.8. The van der Waals surface area contributed by atoms with Gasteiger partial charge < -0.3 is 4.74 Å². The van der Waals surface area contributed by atoms with Crippen LogP contribution in [0.25, 0.3) is 52.5 Å². The van der Waals surface area contributed by atoms with Crippen LogP contribution in [0.2, 0.25) is 0 Å². The third-order valence-corrected chi connectivity index (χ3v) is 16.7. The van der Waals surface area contributed by atoms with E-state index in [9.17, 15) is 0 Å². The van der Waals surface area contributed by atoms with Gasteiger partial charge >= 0.3 is 0 Å². The van der Waals surface area contributed by atoms with Crippen LogP contribution in [-0.2, 0) is 0 Å². The standard InChI is InChI=1S/C44H28OS2Si/c1-3-9-34(10-4-1)48(35-11-5-2-6-12-35)43-27-31(29-17-21-40-33(25-29)23-24-46-40)15-19-38(43)45-39-20-16-32(28-44(39)48)30-18-22-42-37(26-30)36-13-7-8-14-41(36)47-42/h1-28H. The highest BCUT2D eigenvalue weighted by atomic mass is 32.1. The molecule has 0 aliphatic carbocycles. The fourth-order valence-electron chi connectivity index (χ4n) is 7.66. The Kier molecular flexibility index (Phi) is 6.31. The van der Waals surface area contributed by atoms with Crippen LogP contribution in [0, 0.1) is 0 Å². The van der Waals surface area contributed by atoms with Crippen LogP contribution in [0.1, 0.15) is 0 Å². The second-order valence-electron chi connectivity index (χ2n) is 12.5. The van der Waals surface area contributed by atoms with E-state index in [1.165, 1.54) is 73.3 Å². The van der Waals surface area contributed by atoms with Crippen LogP contribution in [0.3, 0.4) is 0 Å². The van der Waals surface area contributed by atoms with Gasteiger partial charge in [0, 0.05) is 24.9 Å². The molecule has 10 rings (SSSR count). The Morgan fingerprint density at radius 3 is 1.65 bits per heavy atom. The molecule has 4 heteroatoms. The molecule has 0 spiro atoms. The number of thiophene rings is 2. The molecule has 0 unspecified atom stereocenters. The monoisotopic (exact) mass is 664 g/mol. The normalized spacial score (nSPS) is 13.3. The van der Waals surface area contributed by atoms with E-state index in [0.717, 1.165) is 11.5 Å². The molecule has 3 heterocycles. The molecule has 1 aliphatic heterocycles. The maximum absolute atomic E-state index is 6.87. The maximum Gasteiger partial charge on any atom is 0.188 e. The van der Waals surface area contributed by atoms with Gasteiger partial charge in [0.1, 0.15) is 11.5 Å². The average molecular weight is 665 g/mol. The summed E-state index contributed by atoms with van der Waals surface area (Å²) in [6.07, 6.45) is 0. The highest BCUT2D eigenvalue weighted by molar-refractivity contribution is 7.25. The first kappa shape index (κ1) is 27.8. The molecule has 0 bridgehead atoms. The molecule has 0 fully saturated rings. The van der Waals surface area contributed by atoms with E-state index in [0.29, 0.717) is 0 Å². The lowest BCUT2D eigenvalue weighted by Gasteiger charge is -2.40. The number of fused-ring (bicyclic) bond motifs is 6. The van der Waals surface area contributed by atoms with E-state index in [4.69, 9.17) is 4.74 Å². The van der Waals surface area contributed by atoms with Crippen LogP contribution in [-0.4, -0.2) is 8.07 Å². The minimum absolute atomic E-state index is 0.945. The fraction of sp³-hybridized carbons (Fsp3) is 0. The van der Waals surface area contributed by atoms with E-state index in [2.05, 4.69) is 169 Å². The molecule has 9 aromatic rings. The van der Waals surface area contributed by atoms with Gasteiger partial charge in [0.05, 0.1) is 0 Å². The fourth-order valence-corrected chi connectivity index (χ4v) is 14.5. The second kappa shape index (κ2) is 10.9. The van der Waals surface area contributed by atoms with E-state index in [1.807, 2.05) is 11.3 Å². The smallest absolute Gasteiger partial charge is 0.188 e. The zero-order chi connectivity index (χ0) is 31.7. The Labute approximate surface area is 288 Å². The lowest BCUT2D eigenvalue weighted by Crippen LogP contribution is -2.76. The molecule has 2 aromatic heterocycles. The molecular weight excluding hydrogens is 637 g/mol. The highest BCUT2D eigenvalue weighted by Crippen LogP contribution is 2.38. The Hall–Kier alpha value is -5.26. The second-order valence-corrected chi connectivity index (χ2v) is 18.3. The van der Waals surface area contributed by atoms with Crippen molar-refractivity contribution in [3.8, 4) is 33.8 Å². The van der Waals surface area contributed by atoms with Gasteiger partial charge in [-0.1, -0.05) is 115 Å². The topological polar surface area (TPSA) is 9.23 Å². The van der Waals surface area contributed by atoms with Crippen LogP contribution in [0.4, 0.5) is 0 Å². The van der Waals surface area contributed by atoms with Gasteiger partial charge in [-0.25, -0.2) is 0 Å². The van der Waals surface area contributed by atoms with Crippen LogP contribution in [0.15, 0.2) is 169 Å². The molecule has 0 saturated carbocycles. The number of hydrogen-bond acceptors (Lipinski definition) is 3. The summed E-state index contributed by atoms with van der Waals surface area (Å²) in [5, 5.41) is 11.4. The molecule has 0 amide bonds. The Morgan fingerprint density at radius 1 is 0.417 bits per heavy atom. The van der Waals surface area contributed by atoms with E-state index >= 15 is 0 Å². The van der Waals surface area contributed by atoms with Crippen LogP contribution >= 0.6 is 22.7 Å². The predicted molar refractivity (Wildman–Crippen MR) is 209 cm³/mol. The molecule has 1 aliphatic rings. The summed E-state index contributed by atoms with van der Waals surface area (Å²) < 4.78 is 10.8. The quantitative estimate of drug-likeness (QED) is 0.170. The van der Waals surface area contributed by atoms with Crippen molar-refractivity contribution < 1.29 is 4.74 Å². The summed E-state index contributed by atoms with van der Waals surface area (Å²) in [5.74, 6) is 1.89. The Bertz CT molecular complexity index is 2610. The predicted octanol–water partition coefficient (Wildman–Crippen LogP) is 10.1. The van der Waals surface area contributed by atoms with Gasteiger partial charge in [-0.3, -0.25) is 0 Å². The van der Waals surface area contributed by atoms with Crippen molar-refractivity contribution in [3.63, 3.8) is 0 Å². The molecule has 0 N–H and O–H groups in total. The SMILES string of the molecule is c1ccc([Si]2(c3ccccc3)c3cc(-c4ccc5sccc5c4)ccc3Oc3ccc(-c4ccc5sc6ccccc6c5c4)cc32)cc1. The summed E-state index contributed by atoms with van der Waals surface area (Å²) in [6.45, 7) is 0. The minimum Gasteiger partial charge on any atom is -0.458 e. The molecule has 0 atom stereocenters. The van der Waals surface area contributed by atoms with Gasteiger partial charge in [-0.05, 0) is 102 Å². The summed E-state index contributed by atoms with van der Waals surface area (Å²) in [5.41, 5.74) is 4.87. The van der Waals surface area contributed by atoms with E-state index in [-0.39, 0.29) is 0 Å². The van der Waals surface area contributed by atoms with E-state index < -0.39 is 8.07 Å². The average Bonchev–Trinajstić information content (AvgIpc) is 3.78. The van der Waals surface area contributed by atoms with Crippen molar-refractivity contribution in [2.45, 2.75) is 0 Å². The third kappa shape index (κ3) is 4.20. The number of hydrogen-bond donors (Lipinski definition) is 0. The molecule has 0 saturated heterocycles. The van der Waals surface area contributed by atoms with Gasteiger partial charge in [-0.15, -0.1) is 22.7 Å². The highest BCUT2D eigenvalue weighted by Gasteiger charge is 2.48. The van der Waals surface area contributed by atoms with Crippen LogP contribution in [0.5, 0.6) is 11.5 Å². The summed E-state index contributed by atoms with van der Waals surface area (Å²) in [7, 11) is -2.85. The van der Waals surface area contributed by atoms with Crippen molar-refractivity contribution in [1.82, 2.24) is 0 Å². The van der Waals surface area contributed by atoms with Crippen molar-refractivity contribution in [1.29, 1.82) is 0 Å². The lowest BCUT2D eigenvalue weighted by molar-refractivity contribution is 0.487. The van der Waals surface area contributed by atoms with Crippen molar-refractivity contribution in [3.05, 3.63) is 169 Å². The summed E-state index contributed by atoms with van der Waals surface area (Å²) in [4.78, 5) is 0. The third-order valence-electron chi connectivity index (χ3n) is 9.90. The molecule has 48 heavy (non-hydrogen) atoms.